The van der Waals surface area contributed by atoms with Crippen molar-refractivity contribution in [3.63, 3.8) is 0 Å². The van der Waals surface area contributed by atoms with Gasteiger partial charge in [-0.05, 0) is 40.9 Å². The van der Waals surface area contributed by atoms with E-state index in [-0.39, 0.29) is 12.5 Å². The first-order valence-corrected chi connectivity index (χ1v) is 8.14. The van der Waals surface area contributed by atoms with Gasteiger partial charge in [-0.1, -0.05) is 15.9 Å². The molecule has 0 unspecified atom stereocenters. The fraction of sp³-hybridized carbons (Fsp3) is 0.0714. The SMILES string of the molecule is N#Cc1ccsc1NC(=O)Cn1nnc(-c2ccc(Br)cc2)n1. The van der Waals surface area contributed by atoms with E-state index in [1.165, 1.54) is 16.1 Å². The van der Waals surface area contributed by atoms with Crippen LogP contribution in [0.5, 0.6) is 0 Å². The highest BCUT2D eigenvalue weighted by atomic mass is 79.9. The van der Waals surface area contributed by atoms with E-state index >= 15 is 0 Å². The fourth-order valence-corrected chi connectivity index (χ4v) is 2.83. The molecule has 9 heteroatoms. The molecule has 0 fully saturated rings. The third kappa shape index (κ3) is 3.61. The lowest BCUT2D eigenvalue weighted by Gasteiger charge is -2.01. The van der Waals surface area contributed by atoms with Crippen LogP contribution in [0, 0.1) is 11.3 Å². The Kier molecular flexibility index (Phi) is 4.45. The summed E-state index contributed by atoms with van der Waals surface area (Å²) in [4.78, 5) is 13.2. The molecule has 7 nitrogen and oxygen atoms in total. The predicted octanol–water partition coefficient (Wildman–Crippen LogP) is 2.67. The zero-order valence-electron chi connectivity index (χ0n) is 11.6. The Morgan fingerprint density at radius 2 is 2.13 bits per heavy atom. The van der Waals surface area contributed by atoms with E-state index in [0.29, 0.717) is 16.4 Å². The van der Waals surface area contributed by atoms with Crippen molar-refractivity contribution < 1.29 is 4.79 Å². The number of nitriles is 1. The molecule has 0 radical (unpaired) electrons. The van der Waals surface area contributed by atoms with Gasteiger partial charge in [0.05, 0.1) is 5.56 Å². The average Bonchev–Trinajstić information content (AvgIpc) is 3.17. The number of halogens is 1. The number of carbonyl (C=O) groups excluding carboxylic acids is 1. The third-order valence-corrected chi connectivity index (χ3v) is 4.24. The summed E-state index contributed by atoms with van der Waals surface area (Å²) in [5.74, 6) is 0.128. The number of aromatic nitrogens is 4. The van der Waals surface area contributed by atoms with E-state index in [4.69, 9.17) is 5.26 Å². The number of nitrogens with one attached hydrogen (secondary N) is 1. The maximum absolute atomic E-state index is 12.0. The summed E-state index contributed by atoms with van der Waals surface area (Å²) < 4.78 is 0.956. The number of rotatable bonds is 4. The second kappa shape index (κ2) is 6.68. The first-order chi connectivity index (χ1) is 11.2. The summed E-state index contributed by atoms with van der Waals surface area (Å²) in [6, 6.07) is 11.1. The van der Waals surface area contributed by atoms with E-state index in [0.717, 1.165) is 10.0 Å². The van der Waals surface area contributed by atoms with Crippen molar-refractivity contribution >= 4 is 38.2 Å². The van der Waals surface area contributed by atoms with Gasteiger partial charge in [0.2, 0.25) is 11.7 Å². The highest BCUT2D eigenvalue weighted by molar-refractivity contribution is 9.10. The number of tetrazole rings is 1. The second-order valence-electron chi connectivity index (χ2n) is 4.47. The fourth-order valence-electron chi connectivity index (χ4n) is 1.81. The van der Waals surface area contributed by atoms with E-state index in [1.807, 2.05) is 30.3 Å². The number of hydrogen-bond acceptors (Lipinski definition) is 6. The Balaban J connectivity index is 1.68. The Morgan fingerprint density at radius 3 is 2.87 bits per heavy atom. The first-order valence-electron chi connectivity index (χ1n) is 6.47. The van der Waals surface area contributed by atoms with Crippen molar-refractivity contribution in [1.82, 2.24) is 20.2 Å². The molecule has 2 aromatic heterocycles. The standard InChI is InChI=1S/C14H9BrN6OS/c15-11-3-1-9(2-4-11)13-18-20-21(19-13)8-12(22)17-14-10(7-16)5-6-23-14/h1-6H,8H2,(H,17,22). The Labute approximate surface area is 143 Å². The van der Waals surface area contributed by atoms with Gasteiger partial charge in [-0.15, -0.1) is 21.5 Å². The summed E-state index contributed by atoms with van der Waals surface area (Å²) in [6.45, 7) is -0.0771. The molecule has 1 N–H and O–H groups in total. The molecule has 0 aliphatic carbocycles. The molecule has 2 heterocycles. The zero-order valence-corrected chi connectivity index (χ0v) is 14.0. The summed E-state index contributed by atoms with van der Waals surface area (Å²) in [6.07, 6.45) is 0. The van der Waals surface area contributed by atoms with Crippen molar-refractivity contribution in [2.75, 3.05) is 5.32 Å². The monoisotopic (exact) mass is 388 g/mol. The molecule has 114 valence electrons. The number of carbonyl (C=O) groups is 1. The van der Waals surface area contributed by atoms with Crippen LogP contribution < -0.4 is 5.32 Å². The number of benzene rings is 1. The number of thiophene rings is 1. The second-order valence-corrected chi connectivity index (χ2v) is 6.31. The van der Waals surface area contributed by atoms with Gasteiger partial charge in [0, 0.05) is 10.0 Å². The Hall–Kier alpha value is -2.57. The molecule has 0 atom stereocenters. The molecule has 0 spiro atoms. The molecule has 0 saturated heterocycles. The first kappa shape index (κ1) is 15.3. The molecule has 23 heavy (non-hydrogen) atoms. The largest absolute Gasteiger partial charge is 0.315 e. The summed E-state index contributed by atoms with van der Waals surface area (Å²) in [5.41, 5.74) is 1.25. The molecule has 0 aliphatic heterocycles. The van der Waals surface area contributed by atoms with Gasteiger partial charge in [0.25, 0.3) is 0 Å². The maximum atomic E-state index is 12.0. The van der Waals surface area contributed by atoms with Crippen molar-refractivity contribution in [2.24, 2.45) is 0 Å². The number of hydrogen-bond donors (Lipinski definition) is 1. The molecule has 1 aromatic carbocycles. The highest BCUT2D eigenvalue weighted by Gasteiger charge is 2.12. The number of anilines is 1. The van der Waals surface area contributed by atoms with Crippen LogP contribution in [0.3, 0.4) is 0 Å². The van der Waals surface area contributed by atoms with Crippen LogP contribution >= 0.6 is 27.3 Å². The van der Waals surface area contributed by atoms with Gasteiger partial charge in [0.15, 0.2) is 0 Å². The normalized spacial score (nSPS) is 10.3. The quantitative estimate of drug-likeness (QED) is 0.740. The van der Waals surface area contributed by atoms with E-state index in [2.05, 4.69) is 36.7 Å². The highest BCUT2D eigenvalue weighted by Crippen LogP contribution is 2.22. The summed E-state index contributed by atoms with van der Waals surface area (Å²) in [5, 5.41) is 25.8. The molecular formula is C14H9BrN6OS. The lowest BCUT2D eigenvalue weighted by Crippen LogP contribution is -2.20. The molecule has 0 saturated carbocycles. The molecule has 0 bridgehead atoms. The van der Waals surface area contributed by atoms with Gasteiger partial charge in [-0.3, -0.25) is 4.79 Å². The zero-order chi connectivity index (χ0) is 16.2. The van der Waals surface area contributed by atoms with E-state index < -0.39 is 0 Å². The van der Waals surface area contributed by atoms with Crippen molar-refractivity contribution in [3.05, 3.63) is 45.7 Å². The number of amides is 1. The molecular weight excluding hydrogens is 380 g/mol. The smallest absolute Gasteiger partial charge is 0.248 e. The summed E-state index contributed by atoms with van der Waals surface area (Å²) >= 11 is 4.65. The third-order valence-electron chi connectivity index (χ3n) is 2.88. The lowest BCUT2D eigenvalue weighted by atomic mass is 10.2. The van der Waals surface area contributed by atoms with Gasteiger partial charge < -0.3 is 5.32 Å². The van der Waals surface area contributed by atoms with Gasteiger partial charge >= 0.3 is 0 Å². The van der Waals surface area contributed by atoms with Crippen LogP contribution in [0.15, 0.2) is 40.2 Å². The van der Waals surface area contributed by atoms with Gasteiger partial charge in [-0.25, -0.2) is 0 Å². The molecule has 3 aromatic rings. The van der Waals surface area contributed by atoms with Crippen LogP contribution in [0.25, 0.3) is 11.4 Å². The van der Waals surface area contributed by atoms with Crippen LogP contribution in [0.4, 0.5) is 5.00 Å². The van der Waals surface area contributed by atoms with Gasteiger partial charge in [-0.2, -0.15) is 10.1 Å². The Bertz CT molecular complexity index is 879. The minimum atomic E-state index is -0.316. The van der Waals surface area contributed by atoms with E-state index in [1.54, 1.807) is 11.4 Å². The molecule has 0 aliphatic rings. The molecule has 1 amide bonds. The topological polar surface area (TPSA) is 96.5 Å². The van der Waals surface area contributed by atoms with Crippen LogP contribution in [-0.4, -0.2) is 26.1 Å². The molecule has 3 rings (SSSR count). The van der Waals surface area contributed by atoms with Crippen LogP contribution in [0.2, 0.25) is 0 Å². The minimum Gasteiger partial charge on any atom is -0.315 e. The van der Waals surface area contributed by atoms with Gasteiger partial charge in [0.1, 0.15) is 17.6 Å². The summed E-state index contributed by atoms with van der Waals surface area (Å²) in [7, 11) is 0. The number of nitrogens with zero attached hydrogens (tertiary/aromatic N) is 5. The maximum Gasteiger partial charge on any atom is 0.248 e. The average molecular weight is 389 g/mol. The lowest BCUT2D eigenvalue weighted by molar-refractivity contribution is -0.117. The van der Waals surface area contributed by atoms with Crippen LogP contribution in [-0.2, 0) is 11.3 Å². The van der Waals surface area contributed by atoms with E-state index in [9.17, 15) is 4.79 Å². The Morgan fingerprint density at radius 1 is 1.35 bits per heavy atom. The minimum absolute atomic E-state index is 0.0771. The van der Waals surface area contributed by atoms with Crippen molar-refractivity contribution in [1.29, 1.82) is 5.26 Å². The predicted molar refractivity (Wildman–Crippen MR) is 88.6 cm³/mol. The van der Waals surface area contributed by atoms with Crippen LogP contribution in [0.1, 0.15) is 5.56 Å². The van der Waals surface area contributed by atoms with Crippen molar-refractivity contribution in [2.45, 2.75) is 6.54 Å². The van der Waals surface area contributed by atoms with Crippen molar-refractivity contribution in [3.8, 4) is 17.5 Å².